The predicted octanol–water partition coefficient (Wildman–Crippen LogP) is 3.30. The zero-order chi connectivity index (χ0) is 22.2. The van der Waals surface area contributed by atoms with E-state index in [2.05, 4.69) is 4.90 Å². The number of halogens is 2. The van der Waals surface area contributed by atoms with Crippen LogP contribution < -0.4 is 0 Å². The van der Waals surface area contributed by atoms with Gasteiger partial charge in [-0.05, 0) is 29.7 Å². The summed E-state index contributed by atoms with van der Waals surface area (Å²) in [4.78, 5) is 16.5. The van der Waals surface area contributed by atoms with Crippen LogP contribution in [0.25, 0.3) is 0 Å². The van der Waals surface area contributed by atoms with E-state index in [1.165, 1.54) is 19.2 Å². The summed E-state index contributed by atoms with van der Waals surface area (Å²) >= 11 is 0. The quantitative estimate of drug-likeness (QED) is 0.578. The number of hydrogen-bond acceptors (Lipinski definition) is 4. The van der Waals surface area contributed by atoms with Crippen LogP contribution in [0.5, 0.6) is 0 Å². The van der Waals surface area contributed by atoms with Crippen LogP contribution in [0.4, 0.5) is 8.78 Å². The number of amides is 1. The number of hydrogen-bond donors (Lipinski definition) is 0. The number of rotatable bonds is 10. The van der Waals surface area contributed by atoms with Crippen LogP contribution in [0.15, 0.2) is 48.5 Å². The van der Waals surface area contributed by atoms with Gasteiger partial charge in [0.05, 0.1) is 6.61 Å². The van der Waals surface area contributed by atoms with E-state index in [4.69, 9.17) is 9.47 Å². The molecular weight excluding hydrogens is 402 g/mol. The first-order valence-corrected chi connectivity index (χ1v) is 10.5. The third kappa shape index (κ3) is 6.32. The van der Waals surface area contributed by atoms with Gasteiger partial charge in [-0.3, -0.25) is 9.69 Å². The van der Waals surface area contributed by atoms with Crippen LogP contribution in [0.2, 0.25) is 0 Å². The number of carbonyl (C=O) groups excluding carboxylic acids is 1. The van der Waals surface area contributed by atoms with Crippen molar-refractivity contribution >= 4 is 5.91 Å². The van der Waals surface area contributed by atoms with Gasteiger partial charge in [0, 0.05) is 58.4 Å². The molecule has 1 fully saturated rings. The van der Waals surface area contributed by atoms with Gasteiger partial charge >= 0.3 is 0 Å². The average molecular weight is 433 g/mol. The molecule has 0 spiro atoms. The molecule has 3 rings (SSSR count). The van der Waals surface area contributed by atoms with Crippen LogP contribution in [-0.4, -0.2) is 69.3 Å². The summed E-state index contributed by atoms with van der Waals surface area (Å²) in [5.41, 5.74) is 1.53. The van der Waals surface area contributed by atoms with Crippen LogP contribution in [0.3, 0.4) is 0 Å². The van der Waals surface area contributed by atoms with Crippen LogP contribution in [-0.2, 0) is 20.8 Å². The fourth-order valence-corrected chi connectivity index (χ4v) is 4.27. The minimum absolute atomic E-state index is 0.00000690. The maximum absolute atomic E-state index is 14.2. The highest BCUT2D eigenvalue weighted by Crippen LogP contribution is 2.34. The minimum atomic E-state index is -0.282. The van der Waals surface area contributed by atoms with Crippen LogP contribution in [0.1, 0.15) is 17.0 Å². The first-order chi connectivity index (χ1) is 15.0. The van der Waals surface area contributed by atoms with Crippen molar-refractivity contribution in [3.63, 3.8) is 0 Å². The van der Waals surface area contributed by atoms with Gasteiger partial charge in [-0.15, -0.1) is 0 Å². The van der Waals surface area contributed by atoms with Crippen molar-refractivity contribution in [1.29, 1.82) is 0 Å². The van der Waals surface area contributed by atoms with Gasteiger partial charge in [-0.25, -0.2) is 8.78 Å². The molecule has 0 bridgehead atoms. The van der Waals surface area contributed by atoms with Crippen LogP contribution >= 0.6 is 0 Å². The SMILES string of the molecule is COCCN(C[C@H]1CN(Cc2ccccc2F)C[C@@H]1c1cccc(F)c1)C(=O)COC. The maximum Gasteiger partial charge on any atom is 0.248 e. The summed E-state index contributed by atoms with van der Waals surface area (Å²) in [6, 6.07) is 13.4. The van der Waals surface area contributed by atoms with E-state index in [0.717, 1.165) is 5.56 Å². The number of likely N-dealkylation sites (tertiary alicyclic amines) is 1. The van der Waals surface area contributed by atoms with Crippen LogP contribution in [0, 0.1) is 17.6 Å². The van der Waals surface area contributed by atoms with E-state index in [0.29, 0.717) is 44.9 Å². The molecule has 2 atom stereocenters. The van der Waals surface area contributed by atoms with Gasteiger partial charge in [0.15, 0.2) is 0 Å². The molecule has 5 nitrogen and oxygen atoms in total. The fraction of sp³-hybridized carbons (Fsp3) is 0.458. The molecule has 31 heavy (non-hydrogen) atoms. The number of carbonyl (C=O) groups is 1. The normalized spacial score (nSPS) is 19.0. The number of methoxy groups -OCH3 is 2. The zero-order valence-corrected chi connectivity index (χ0v) is 18.1. The molecule has 0 unspecified atom stereocenters. The second-order valence-electron chi connectivity index (χ2n) is 7.97. The Kier molecular flexibility index (Phi) is 8.51. The molecule has 1 amide bonds. The summed E-state index contributed by atoms with van der Waals surface area (Å²) in [7, 11) is 3.09. The predicted molar refractivity (Wildman–Crippen MR) is 115 cm³/mol. The minimum Gasteiger partial charge on any atom is -0.383 e. The Morgan fingerprint density at radius 1 is 1.10 bits per heavy atom. The molecular formula is C24H30F2N2O3. The third-order valence-corrected chi connectivity index (χ3v) is 5.79. The Morgan fingerprint density at radius 3 is 2.61 bits per heavy atom. The van der Waals surface area contributed by atoms with Gasteiger partial charge in [0.25, 0.3) is 0 Å². The van der Waals surface area contributed by atoms with E-state index in [1.54, 1.807) is 36.3 Å². The highest BCUT2D eigenvalue weighted by atomic mass is 19.1. The van der Waals surface area contributed by atoms with Crippen molar-refractivity contribution in [2.24, 2.45) is 5.92 Å². The number of benzene rings is 2. The Hall–Kier alpha value is -2.35. The molecule has 7 heteroatoms. The van der Waals surface area contributed by atoms with E-state index >= 15 is 0 Å². The maximum atomic E-state index is 14.2. The number of ether oxygens (including phenoxy) is 2. The highest BCUT2D eigenvalue weighted by molar-refractivity contribution is 5.77. The van der Waals surface area contributed by atoms with Gasteiger partial charge < -0.3 is 14.4 Å². The summed E-state index contributed by atoms with van der Waals surface area (Å²) in [5.74, 6) is -0.514. The van der Waals surface area contributed by atoms with Crippen molar-refractivity contribution in [3.05, 3.63) is 71.3 Å². The summed E-state index contributed by atoms with van der Waals surface area (Å²) in [5, 5.41) is 0. The molecule has 1 aliphatic heterocycles. The second kappa shape index (κ2) is 11.3. The molecule has 2 aromatic rings. The van der Waals surface area contributed by atoms with Crippen molar-refractivity contribution in [2.75, 3.05) is 53.6 Å². The lowest BCUT2D eigenvalue weighted by Gasteiger charge is -2.28. The van der Waals surface area contributed by atoms with E-state index in [1.807, 2.05) is 12.1 Å². The lowest BCUT2D eigenvalue weighted by atomic mass is 9.88. The molecule has 0 aromatic heterocycles. The lowest BCUT2D eigenvalue weighted by molar-refractivity contribution is -0.136. The molecule has 2 aromatic carbocycles. The fourth-order valence-electron chi connectivity index (χ4n) is 4.27. The van der Waals surface area contributed by atoms with Crippen molar-refractivity contribution in [3.8, 4) is 0 Å². The molecule has 168 valence electrons. The van der Waals surface area contributed by atoms with Gasteiger partial charge in [0.1, 0.15) is 18.2 Å². The topological polar surface area (TPSA) is 42.0 Å². The van der Waals surface area contributed by atoms with Gasteiger partial charge in [0.2, 0.25) is 5.91 Å². The Labute approximate surface area is 182 Å². The first kappa shape index (κ1) is 23.3. The second-order valence-corrected chi connectivity index (χ2v) is 7.97. The Morgan fingerprint density at radius 2 is 1.90 bits per heavy atom. The largest absolute Gasteiger partial charge is 0.383 e. The van der Waals surface area contributed by atoms with E-state index in [-0.39, 0.29) is 36.0 Å². The molecule has 1 heterocycles. The molecule has 0 saturated carbocycles. The Bertz CT molecular complexity index is 864. The van der Waals surface area contributed by atoms with Crippen molar-refractivity contribution in [2.45, 2.75) is 12.5 Å². The summed E-state index contributed by atoms with van der Waals surface area (Å²) < 4.78 is 38.3. The molecule has 0 radical (unpaired) electrons. The van der Waals surface area contributed by atoms with Crippen molar-refractivity contribution < 1.29 is 23.0 Å². The standard InChI is InChI=1S/C24H30F2N2O3/c1-30-11-10-28(24(29)17-31-2)15-20-14-27(13-19-6-3-4-9-23(19)26)16-22(20)18-7-5-8-21(25)12-18/h3-9,12,20,22H,10-11,13-17H2,1-2H3/t20-,22-/m1/s1. The van der Waals surface area contributed by atoms with E-state index in [9.17, 15) is 13.6 Å². The highest BCUT2D eigenvalue weighted by Gasteiger charge is 2.36. The lowest BCUT2D eigenvalue weighted by Crippen LogP contribution is -2.41. The monoisotopic (exact) mass is 432 g/mol. The molecule has 1 saturated heterocycles. The molecule has 0 aliphatic carbocycles. The molecule has 1 aliphatic rings. The molecule has 0 N–H and O–H groups in total. The van der Waals surface area contributed by atoms with Gasteiger partial charge in [-0.1, -0.05) is 30.3 Å². The van der Waals surface area contributed by atoms with E-state index < -0.39 is 0 Å². The average Bonchev–Trinajstić information content (AvgIpc) is 3.15. The van der Waals surface area contributed by atoms with Gasteiger partial charge in [-0.2, -0.15) is 0 Å². The third-order valence-electron chi connectivity index (χ3n) is 5.79. The first-order valence-electron chi connectivity index (χ1n) is 10.5. The number of nitrogens with zero attached hydrogens (tertiary/aromatic N) is 2. The summed E-state index contributed by atoms with van der Waals surface area (Å²) in [6.07, 6.45) is 0. The summed E-state index contributed by atoms with van der Waals surface area (Å²) in [6.45, 7) is 3.20. The zero-order valence-electron chi connectivity index (χ0n) is 18.1. The van der Waals surface area contributed by atoms with Crippen molar-refractivity contribution in [1.82, 2.24) is 9.80 Å². The smallest absolute Gasteiger partial charge is 0.248 e. The Balaban J connectivity index is 1.81.